The molecule has 0 saturated heterocycles. The van der Waals surface area contributed by atoms with Crippen LogP contribution in [0.2, 0.25) is 0 Å². The summed E-state index contributed by atoms with van der Waals surface area (Å²) in [7, 11) is 0.875. The third-order valence-electron chi connectivity index (χ3n) is 3.27. The number of ether oxygens (including phenoxy) is 1. The number of aryl methyl sites for hydroxylation is 1. The predicted molar refractivity (Wildman–Crippen MR) is 86.9 cm³/mol. The fourth-order valence-corrected chi connectivity index (χ4v) is 2.89. The molecule has 1 aromatic carbocycles. The van der Waals surface area contributed by atoms with Crippen molar-refractivity contribution in [3.63, 3.8) is 0 Å². The molecule has 0 aliphatic carbocycles. The van der Waals surface area contributed by atoms with Gasteiger partial charge in [0.2, 0.25) is 0 Å². The number of hydrogen-bond donors (Lipinski definition) is 1. The van der Waals surface area contributed by atoms with Crippen molar-refractivity contribution >= 4 is 10.8 Å². The summed E-state index contributed by atoms with van der Waals surface area (Å²) in [4.78, 5) is 0. The van der Waals surface area contributed by atoms with Gasteiger partial charge >= 0.3 is 0 Å². The van der Waals surface area contributed by atoms with Gasteiger partial charge in [0.15, 0.2) is 0 Å². The van der Waals surface area contributed by atoms with Gasteiger partial charge in [-0.15, -0.1) is 0 Å². The first-order chi connectivity index (χ1) is 9.25. The molecule has 114 valence electrons. The summed E-state index contributed by atoms with van der Waals surface area (Å²) in [6.45, 7) is 11.0. The molecule has 0 saturated carbocycles. The second-order valence-electron chi connectivity index (χ2n) is 6.08. The first-order valence-corrected chi connectivity index (χ1v) is 8.34. The first kappa shape index (κ1) is 17.2. The van der Waals surface area contributed by atoms with Gasteiger partial charge < -0.3 is 10.1 Å². The normalized spacial score (nSPS) is 14.9. The highest BCUT2D eigenvalue weighted by Gasteiger charge is 2.19. The second kappa shape index (κ2) is 7.23. The second-order valence-corrected chi connectivity index (χ2v) is 8.41. The van der Waals surface area contributed by atoms with Crippen molar-refractivity contribution < 1.29 is 8.95 Å². The average Bonchev–Trinajstić information content (AvgIpc) is 2.37. The zero-order valence-electron chi connectivity index (χ0n) is 13.4. The Morgan fingerprint density at radius 3 is 2.55 bits per heavy atom. The third kappa shape index (κ3) is 4.91. The smallest absolute Gasteiger partial charge is 0.123 e. The van der Waals surface area contributed by atoms with Gasteiger partial charge in [-0.25, -0.2) is 0 Å². The maximum atomic E-state index is 12.0. The third-order valence-corrected chi connectivity index (χ3v) is 5.21. The van der Waals surface area contributed by atoms with E-state index in [4.69, 9.17) is 4.74 Å². The summed E-state index contributed by atoms with van der Waals surface area (Å²) < 4.78 is 17.3. The number of rotatable bonds is 6. The van der Waals surface area contributed by atoms with Gasteiger partial charge in [-0.1, -0.05) is 17.7 Å². The van der Waals surface area contributed by atoms with E-state index in [1.54, 1.807) is 7.11 Å². The van der Waals surface area contributed by atoms with Crippen molar-refractivity contribution in [2.45, 2.75) is 45.4 Å². The molecule has 0 bridgehead atoms. The molecule has 2 atom stereocenters. The van der Waals surface area contributed by atoms with E-state index in [1.807, 2.05) is 32.9 Å². The van der Waals surface area contributed by atoms with Crippen LogP contribution in [0.3, 0.4) is 0 Å². The van der Waals surface area contributed by atoms with Crippen LogP contribution in [0, 0.1) is 6.92 Å². The van der Waals surface area contributed by atoms with Crippen molar-refractivity contribution in [2.24, 2.45) is 0 Å². The zero-order chi connectivity index (χ0) is 15.3. The summed E-state index contributed by atoms with van der Waals surface area (Å²) in [6.07, 6.45) is 0. The van der Waals surface area contributed by atoms with E-state index in [0.29, 0.717) is 5.75 Å². The molecule has 0 radical (unpaired) electrons. The quantitative estimate of drug-likeness (QED) is 0.876. The summed E-state index contributed by atoms with van der Waals surface area (Å²) in [5, 5.41) is 3.43. The molecule has 1 rings (SSSR count). The SMILES string of the molecule is COc1ccc(C)cc1C(C)NCCS(=O)C(C)(C)C. The molecule has 0 spiro atoms. The number of benzene rings is 1. The van der Waals surface area contributed by atoms with E-state index < -0.39 is 10.8 Å². The minimum atomic E-state index is -0.815. The van der Waals surface area contributed by atoms with E-state index in [1.165, 1.54) is 5.56 Å². The van der Waals surface area contributed by atoms with Crippen LogP contribution in [-0.2, 0) is 10.8 Å². The molecule has 0 heterocycles. The topological polar surface area (TPSA) is 38.3 Å². The minimum absolute atomic E-state index is 0.147. The van der Waals surface area contributed by atoms with Gasteiger partial charge in [-0.05, 0) is 40.7 Å². The molecule has 0 amide bonds. The standard InChI is InChI=1S/C16H27NO2S/c1-12-7-8-15(19-6)14(11-12)13(2)17-9-10-20(18)16(3,4)5/h7-8,11,13,17H,9-10H2,1-6H3. The molecule has 3 nitrogen and oxygen atoms in total. The lowest BCUT2D eigenvalue weighted by molar-refractivity contribution is 0.402. The van der Waals surface area contributed by atoms with Crippen molar-refractivity contribution in [2.75, 3.05) is 19.4 Å². The van der Waals surface area contributed by atoms with E-state index in [0.717, 1.165) is 17.9 Å². The lowest BCUT2D eigenvalue weighted by atomic mass is 10.0. The van der Waals surface area contributed by atoms with Gasteiger partial charge in [-0.3, -0.25) is 4.21 Å². The number of methoxy groups -OCH3 is 1. The highest BCUT2D eigenvalue weighted by Crippen LogP contribution is 2.25. The largest absolute Gasteiger partial charge is 0.496 e. The Morgan fingerprint density at radius 1 is 1.35 bits per heavy atom. The molecule has 0 aromatic heterocycles. The summed E-state index contributed by atoms with van der Waals surface area (Å²) in [6, 6.07) is 6.36. The van der Waals surface area contributed by atoms with Gasteiger partial charge in [0.05, 0.1) is 7.11 Å². The van der Waals surface area contributed by atoms with Crippen LogP contribution in [0.15, 0.2) is 18.2 Å². The average molecular weight is 297 g/mol. The molecule has 2 unspecified atom stereocenters. The van der Waals surface area contributed by atoms with Crippen LogP contribution in [0.5, 0.6) is 5.75 Å². The Balaban J connectivity index is 2.61. The Morgan fingerprint density at radius 2 is 2.00 bits per heavy atom. The summed E-state index contributed by atoms with van der Waals surface area (Å²) in [5.41, 5.74) is 2.36. The maximum Gasteiger partial charge on any atom is 0.123 e. The first-order valence-electron chi connectivity index (χ1n) is 7.02. The van der Waals surface area contributed by atoms with Gasteiger partial charge in [0, 0.05) is 39.4 Å². The van der Waals surface area contributed by atoms with Crippen LogP contribution in [0.25, 0.3) is 0 Å². The van der Waals surface area contributed by atoms with Crippen molar-refractivity contribution in [1.82, 2.24) is 5.32 Å². The van der Waals surface area contributed by atoms with Crippen LogP contribution in [0.1, 0.15) is 44.9 Å². The van der Waals surface area contributed by atoms with Gasteiger partial charge in [-0.2, -0.15) is 0 Å². The Hall–Kier alpha value is -0.870. The molecular formula is C16H27NO2S. The van der Waals surface area contributed by atoms with Crippen molar-refractivity contribution in [1.29, 1.82) is 0 Å². The van der Waals surface area contributed by atoms with E-state index in [9.17, 15) is 4.21 Å². The van der Waals surface area contributed by atoms with E-state index >= 15 is 0 Å². The Kier molecular flexibility index (Phi) is 6.21. The fraction of sp³-hybridized carbons (Fsp3) is 0.625. The molecule has 0 fully saturated rings. The van der Waals surface area contributed by atoms with Crippen LogP contribution >= 0.6 is 0 Å². The predicted octanol–water partition coefficient (Wildman–Crippen LogP) is 3.20. The molecule has 0 aliphatic heterocycles. The minimum Gasteiger partial charge on any atom is -0.496 e. The number of hydrogen-bond acceptors (Lipinski definition) is 3. The van der Waals surface area contributed by atoms with Crippen LogP contribution < -0.4 is 10.1 Å². The lowest BCUT2D eigenvalue weighted by Crippen LogP contribution is -2.31. The zero-order valence-corrected chi connectivity index (χ0v) is 14.3. The fourth-order valence-electron chi connectivity index (χ4n) is 1.98. The van der Waals surface area contributed by atoms with Crippen LogP contribution in [0.4, 0.5) is 0 Å². The van der Waals surface area contributed by atoms with Crippen molar-refractivity contribution in [3.8, 4) is 5.75 Å². The Bertz CT molecular complexity index is 466. The Labute approximate surface area is 125 Å². The van der Waals surface area contributed by atoms with E-state index in [2.05, 4.69) is 25.2 Å². The molecule has 20 heavy (non-hydrogen) atoms. The molecule has 1 aromatic rings. The monoisotopic (exact) mass is 297 g/mol. The summed E-state index contributed by atoms with van der Waals surface area (Å²) >= 11 is 0. The summed E-state index contributed by atoms with van der Waals surface area (Å²) in [5.74, 6) is 1.56. The highest BCUT2D eigenvalue weighted by atomic mass is 32.2. The molecule has 1 N–H and O–H groups in total. The van der Waals surface area contributed by atoms with Crippen molar-refractivity contribution in [3.05, 3.63) is 29.3 Å². The molecule has 0 aliphatic rings. The number of nitrogens with one attached hydrogen (secondary N) is 1. The molecule has 4 heteroatoms. The lowest BCUT2D eigenvalue weighted by Gasteiger charge is -2.20. The van der Waals surface area contributed by atoms with E-state index in [-0.39, 0.29) is 10.8 Å². The molecular weight excluding hydrogens is 270 g/mol. The van der Waals surface area contributed by atoms with Gasteiger partial charge in [0.1, 0.15) is 5.75 Å². The maximum absolute atomic E-state index is 12.0. The van der Waals surface area contributed by atoms with Crippen LogP contribution in [-0.4, -0.2) is 28.4 Å². The highest BCUT2D eigenvalue weighted by molar-refractivity contribution is 7.86. The van der Waals surface area contributed by atoms with Gasteiger partial charge in [0.25, 0.3) is 0 Å².